The monoisotopic (exact) mass is 525 g/mol. The molecule has 9 heteroatoms. The number of nitrogen functional groups attached to an aromatic ring is 1. The molecule has 2 aromatic carbocycles. The van der Waals surface area contributed by atoms with Crippen LogP contribution in [0, 0.1) is 15.2 Å². The van der Waals surface area contributed by atoms with E-state index in [0.29, 0.717) is 3.57 Å². The molecule has 30 heavy (non-hydrogen) atoms. The first-order valence-corrected chi connectivity index (χ1v) is 9.87. The number of methoxy groups -OCH3 is 1. The number of anilines is 3. The second kappa shape index (κ2) is 8.82. The number of hydrogen-bond acceptors (Lipinski definition) is 5. The summed E-state index contributed by atoms with van der Waals surface area (Å²) in [6.07, 6.45) is -0.0777. The van der Waals surface area contributed by atoms with Crippen LogP contribution >= 0.6 is 22.6 Å². The Balaban J connectivity index is 2.12. The zero-order chi connectivity index (χ0) is 22.0. The summed E-state index contributed by atoms with van der Waals surface area (Å²) in [5.74, 6) is -1.84. The minimum absolute atomic E-state index is 0.0110. The van der Waals surface area contributed by atoms with Gasteiger partial charge >= 0.3 is 5.97 Å². The average Bonchev–Trinajstić information content (AvgIpc) is 2.71. The van der Waals surface area contributed by atoms with Crippen molar-refractivity contribution >= 4 is 45.8 Å². The van der Waals surface area contributed by atoms with Crippen LogP contribution in [-0.2, 0) is 18.2 Å². The molecule has 1 heterocycles. The third-order valence-corrected chi connectivity index (χ3v) is 5.24. The summed E-state index contributed by atoms with van der Waals surface area (Å²) in [5, 5.41) is 2.79. The smallest absolute Gasteiger partial charge is 0.341 e. The number of nitrogens with two attached hydrogens (primary N) is 1. The van der Waals surface area contributed by atoms with Gasteiger partial charge < -0.3 is 15.8 Å². The minimum atomic E-state index is -0.728. The number of nitrogens with zero attached hydrogens (tertiary/aromatic N) is 1. The van der Waals surface area contributed by atoms with Gasteiger partial charge in [0.25, 0.3) is 5.56 Å². The molecule has 3 rings (SSSR count). The Morgan fingerprint density at radius 2 is 1.93 bits per heavy atom. The highest BCUT2D eigenvalue weighted by atomic mass is 127. The Morgan fingerprint density at radius 1 is 1.20 bits per heavy atom. The van der Waals surface area contributed by atoms with Crippen LogP contribution in [0.15, 0.2) is 47.3 Å². The van der Waals surface area contributed by atoms with Gasteiger partial charge in [-0.15, -0.1) is 0 Å². The van der Waals surface area contributed by atoms with Crippen LogP contribution in [0.3, 0.4) is 0 Å². The molecule has 0 saturated heterocycles. The molecule has 0 fully saturated rings. The third-order valence-electron chi connectivity index (χ3n) is 4.57. The summed E-state index contributed by atoms with van der Waals surface area (Å²) >= 11 is 1.97. The summed E-state index contributed by atoms with van der Waals surface area (Å²) < 4.78 is 35.3. The van der Waals surface area contributed by atoms with Gasteiger partial charge in [0, 0.05) is 22.6 Å². The lowest BCUT2D eigenvalue weighted by Crippen LogP contribution is -2.26. The van der Waals surface area contributed by atoms with Crippen molar-refractivity contribution in [3.63, 3.8) is 0 Å². The number of aromatic nitrogens is 1. The van der Waals surface area contributed by atoms with E-state index < -0.39 is 23.2 Å². The molecular formula is C21H18F2IN3O3. The first kappa shape index (κ1) is 21.8. The number of hydrogen-bond donors (Lipinski definition) is 2. The molecule has 0 unspecified atom stereocenters. The van der Waals surface area contributed by atoms with Crippen molar-refractivity contribution in [3.05, 3.63) is 84.7 Å². The van der Waals surface area contributed by atoms with Crippen LogP contribution in [0.1, 0.15) is 21.5 Å². The Bertz CT molecular complexity index is 1190. The highest BCUT2D eigenvalue weighted by molar-refractivity contribution is 14.1. The van der Waals surface area contributed by atoms with E-state index in [1.807, 2.05) is 22.6 Å². The molecular weight excluding hydrogens is 507 g/mol. The summed E-state index contributed by atoms with van der Waals surface area (Å²) in [5.41, 5.74) is 5.56. The van der Waals surface area contributed by atoms with Crippen LogP contribution in [0.2, 0.25) is 0 Å². The van der Waals surface area contributed by atoms with Crippen molar-refractivity contribution in [2.45, 2.75) is 6.42 Å². The number of halogens is 3. The lowest BCUT2D eigenvalue weighted by molar-refractivity contribution is 0.0601. The van der Waals surface area contributed by atoms with E-state index in [1.54, 1.807) is 12.1 Å². The zero-order valence-corrected chi connectivity index (χ0v) is 18.3. The predicted octanol–water partition coefficient (Wildman–Crippen LogP) is 3.97. The zero-order valence-electron chi connectivity index (χ0n) is 16.1. The van der Waals surface area contributed by atoms with Crippen molar-refractivity contribution in [2.75, 3.05) is 18.2 Å². The fourth-order valence-corrected chi connectivity index (χ4v) is 3.46. The molecule has 0 bridgehead atoms. The lowest BCUT2D eigenvalue weighted by atomic mass is 10.0. The molecule has 0 radical (unpaired) electrons. The Morgan fingerprint density at radius 3 is 2.60 bits per heavy atom. The second-order valence-corrected chi connectivity index (χ2v) is 7.78. The molecule has 0 amide bonds. The molecule has 0 saturated carbocycles. The van der Waals surface area contributed by atoms with Crippen LogP contribution in [0.5, 0.6) is 0 Å². The Hall–Kier alpha value is -2.95. The van der Waals surface area contributed by atoms with Gasteiger partial charge in [-0.2, -0.15) is 0 Å². The van der Waals surface area contributed by atoms with E-state index in [0.717, 1.165) is 0 Å². The Kier molecular flexibility index (Phi) is 6.40. The summed E-state index contributed by atoms with van der Waals surface area (Å²) in [4.78, 5) is 25.3. The van der Waals surface area contributed by atoms with E-state index in [2.05, 4.69) is 5.32 Å². The number of esters is 1. The number of ether oxygens (including phenoxy) is 1. The van der Waals surface area contributed by atoms with E-state index >= 15 is 0 Å². The molecule has 1 aromatic heterocycles. The minimum Gasteiger partial charge on any atom is -0.465 e. The first-order chi connectivity index (χ1) is 14.2. The maximum Gasteiger partial charge on any atom is 0.341 e. The number of carbonyl (C=O) groups is 1. The molecule has 0 aliphatic carbocycles. The van der Waals surface area contributed by atoms with Crippen molar-refractivity contribution in [1.82, 2.24) is 4.57 Å². The second-order valence-electron chi connectivity index (χ2n) is 6.53. The van der Waals surface area contributed by atoms with Crippen molar-refractivity contribution in [3.8, 4) is 0 Å². The fourth-order valence-electron chi connectivity index (χ4n) is 3.01. The summed E-state index contributed by atoms with van der Waals surface area (Å²) in [6, 6.07) is 10.3. The van der Waals surface area contributed by atoms with Crippen molar-refractivity contribution in [1.29, 1.82) is 0 Å². The highest BCUT2D eigenvalue weighted by Crippen LogP contribution is 2.25. The highest BCUT2D eigenvalue weighted by Gasteiger charge is 2.21. The number of rotatable bonds is 5. The molecule has 6 nitrogen and oxygen atoms in total. The van der Waals surface area contributed by atoms with Gasteiger partial charge in [-0.05, 0) is 58.5 Å². The van der Waals surface area contributed by atoms with Gasteiger partial charge in [-0.1, -0.05) is 12.1 Å². The van der Waals surface area contributed by atoms with E-state index in [1.165, 1.54) is 49.1 Å². The molecule has 0 spiro atoms. The van der Waals surface area contributed by atoms with Gasteiger partial charge in [0.2, 0.25) is 0 Å². The molecule has 3 aromatic rings. The lowest BCUT2D eigenvalue weighted by Gasteiger charge is -2.17. The summed E-state index contributed by atoms with van der Waals surface area (Å²) in [6.45, 7) is 0. The summed E-state index contributed by atoms with van der Waals surface area (Å²) in [7, 11) is 2.63. The number of pyridine rings is 1. The largest absolute Gasteiger partial charge is 0.465 e. The molecule has 0 aliphatic rings. The van der Waals surface area contributed by atoms with Gasteiger partial charge in [-0.3, -0.25) is 9.36 Å². The van der Waals surface area contributed by atoms with E-state index in [-0.39, 0.29) is 40.3 Å². The van der Waals surface area contributed by atoms with Gasteiger partial charge in [0.15, 0.2) is 0 Å². The van der Waals surface area contributed by atoms with Gasteiger partial charge in [0.1, 0.15) is 23.0 Å². The third kappa shape index (κ3) is 4.30. The van der Waals surface area contributed by atoms with E-state index in [4.69, 9.17) is 10.5 Å². The van der Waals surface area contributed by atoms with Gasteiger partial charge in [-0.25, -0.2) is 13.6 Å². The fraction of sp³-hybridized carbons (Fsp3) is 0.143. The quantitative estimate of drug-likeness (QED) is 0.299. The molecule has 3 N–H and O–H groups in total. The Labute approximate surface area is 184 Å². The topological polar surface area (TPSA) is 86.3 Å². The van der Waals surface area contributed by atoms with Crippen molar-refractivity contribution in [2.24, 2.45) is 7.05 Å². The van der Waals surface area contributed by atoms with Gasteiger partial charge in [0.05, 0.1) is 18.5 Å². The number of benzene rings is 2. The van der Waals surface area contributed by atoms with Crippen molar-refractivity contribution < 1.29 is 18.3 Å². The molecule has 0 atom stereocenters. The molecule has 156 valence electrons. The predicted molar refractivity (Wildman–Crippen MR) is 119 cm³/mol. The van der Waals surface area contributed by atoms with E-state index in [9.17, 15) is 18.4 Å². The standard InChI is InChI=1S/C21H18F2IN3O3/c1-27-19(26-17-7-6-13(24)10-15(17)22)14(21(29)30-2)9-12(20(27)28)8-11-4-3-5-16(25)18(11)23/h3-7,9-10,26H,8,25H2,1-2H3. The van der Waals surface area contributed by atoms with Crippen LogP contribution in [0.4, 0.5) is 26.0 Å². The number of nitrogens with one attached hydrogen (secondary N) is 1. The number of carbonyl (C=O) groups excluding carboxylic acids is 1. The normalized spacial score (nSPS) is 10.7. The maximum absolute atomic E-state index is 14.3. The van der Waals surface area contributed by atoms with Crippen LogP contribution in [0.25, 0.3) is 0 Å². The molecule has 0 aliphatic heterocycles. The maximum atomic E-state index is 14.3. The SMILES string of the molecule is COC(=O)c1cc(Cc2cccc(N)c2F)c(=O)n(C)c1Nc1ccc(I)cc1F. The first-order valence-electron chi connectivity index (χ1n) is 8.79. The van der Waals surface area contributed by atoms with Crippen LogP contribution in [-0.4, -0.2) is 17.6 Å². The average molecular weight is 525 g/mol. The van der Waals surface area contributed by atoms with Crippen LogP contribution < -0.4 is 16.6 Å².